The molecule has 4 heterocycles. The second-order valence-corrected chi connectivity index (χ2v) is 12.5. The first kappa shape index (κ1) is 29.2. The van der Waals surface area contributed by atoms with Gasteiger partial charge in [-0.1, -0.05) is 70.6 Å². The molecule has 3 aromatic heterocycles. The number of pyridine rings is 1. The fraction of sp³-hybridized carbons (Fsp3) is 0.167. The third-order valence-electron chi connectivity index (χ3n) is 6.85. The number of thioether (sulfide) groups is 1. The number of aromatic nitrogens is 4. The monoisotopic (exact) mass is 651 g/mol. The van der Waals surface area contributed by atoms with Gasteiger partial charge in [-0.3, -0.25) is 18.9 Å². The summed E-state index contributed by atoms with van der Waals surface area (Å²) in [6.45, 7) is 4.11. The number of fused-ring (bicyclic) bond motifs is 1. The van der Waals surface area contributed by atoms with Crippen LogP contribution in [0.15, 0.2) is 76.8 Å². The molecule has 0 radical (unpaired) electrons. The van der Waals surface area contributed by atoms with Crippen LogP contribution in [0.25, 0.3) is 11.4 Å². The summed E-state index contributed by atoms with van der Waals surface area (Å²) in [7, 11) is 0. The number of nitrogens with zero attached hydrogens (tertiary/aromatic N) is 5. The van der Waals surface area contributed by atoms with Crippen LogP contribution in [-0.4, -0.2) is 43.0 Å². The summed E-state index contributed by atoms with van der Waals surface area (Å²) in [4.78, 5) is 33.1. The number of carbonyl (C=O) groups is 2. The Bertz CT molecular complexity index is 1900. The van der Waals surface area contributed by atoms with E-state index in [1.165, 1.54) is 28.0 Å². The maximum atomic E-state index is 13.7. The van der Waals surface area contributed by atoms with Gasteiger partial charge in [0, 0.05) is 22.0 Å². The molecule has 0 spiro atoms. The molecule has 13 heteroatoms. The Morgan fingerprint density at radius 3 is 2.63 bits per heavy atom. The van der Waals surface area contributed by atoms with Crippen LogP contribution >= 0.6 is 46.3 Å². The Balaban J connectivity index is 1.42. The van der Waals surface area contributed by atoms with E-state index >= 15 is 0 Å². The lowest BCUT2D eigenvalue weighted by molar-refractivity contribution is -0.132. The molecule has 6 rings (SSSR count). The Hall–Kier alpha value is -3.90. The second kappa shape index (κ2) is 12.0. The molecule has 1 atom stereocenters. The summed E-state index contributed by atoms with van der Waals surface area (Å²) in [5.74, 6) is -0.845. The molecular formula is C30H23Cl2N5O4S2. The number of benzene rings is 2. The number of anilines is 1. The van der Waals surface area contributed by atoms with Gasteiger partial charge in [-0.2, -0.15) is 0 Å². The standard InChI is InChI=1S/C30H23Cl2N5O4S2/c1-3-41-20-11-8-17(9-12-20)25-23(26(38)24-16(2)33-22-6-4-5-13-36(22)24)27(39)28(40)37(25)29-34-35-30(43-29)42-15-18-7-10-19(31)14-21(18)32/h4-14,25,38H,3,15H2,1-2H3/b26-23+. The predicted octanol–water partition coefficient (Wildman–Crippen LogP) is 7.12. The molecule has 1 fully saturated rings. The number of hydrogen-bond donors (Lipinski definition) is 1. The molecular weight excluding hydrogens is 629 g/mol. The fourth-order valence-corrected chi connectivity index (χ4v) is 7.35. The van der Waals surface area contributed by atoms with Crippen LogP contribution in [0.5, 0.6) is 5.75 Å². The number of carbonyl (C=O) groups excluding carboxylic acids is 2. The minimum atomic E-state index is -0.971. The topological polar surface area (TPSA) is 110 Å². The van der Waals surface area contributed by atoms with E-state index in [9.17, 15) is 14.7 Å². The van der Waals surface area contributed by atoms with Crippen molar-refractivity contribution >= 4 is 74.5 Å². The summed E-state index contributed by atoms with van der Waals surface area (Å²) in [6, 6.07) is 16.8. The van der Waals surface area contributed by atoms with Crippen LogP contribution in [0.2, 0.25) is 10.0 Å². The van der Waals surface area contributed by atoms with E-state index in [2.05, 4.69) is 15.2 Å². The Labute approximate surface area is 264 Å². The van der Waals surface area contributed by atoms with Crippen LogP contribution in [0.4, 0.5) is 5.13 Å². The largest absolute Gasteiger partial charge is 0.505 e. The van der Waals surface area contributed by atoms with Gasteiger partial charge >= 0.3 is 5.91 Å². The number of Topliss-reactive ketones (excluding diaryl/α,β-unsaturated/α-hetero) is 1. The van der Waals surface area contributed by atoms with Crippen LogP contribution in [-0.2, 0) is 15.3 Å². The number of rotatable bonds is 8. The normalized spacial score (nSPS) is 16.4. The van der Waals surface area contributed by atoms with Gasteiger partial charge in [0.15, 0.2) is 10.1 Å². The van der Waals surface area contributed by atoms with Gasteiger partial charge in [-0.15, -0.1) is 10.2 Å². The fourth-order valence-electron chi connectivity index (χ4n) is 4.92. The first-order chi connectivity index (χ1) is 20.8. The summed E-state index contributed by atoms with van der Waals surface area (Å²) in [5.41, 5.74) is 2.83. The highest BCUT2D eigenvalue weighted by molar-refractivity contribution is 8.00. The van der Waals surface area contributed by atoms with Gasteiger partial charge in [0.2, 0.25) is 5.13 Å². The molecule has 1 N–H and O–H groups in total. The highest BCUT2D eigenvalue weighted by Crippen LogP contribution is 2.44. The lowest BCUT2D eigenvalue weighted by Gasteiger charge is -2.22. The number of imidazole rings is 1. The number of ketones is 1. The Morgan fingerprint density at radius 2 is 1.88 bits per heavy atom. The average Bonchev–Trinajstić information content (AvgIpc) is 3.66. The van der Waals surface area contributed by atoms with Gasteiger partial charge in [0.25, 0.3) is 5.78 Å². The molecule has 0 bridgehead atoms. The van der Waals surface area contributed by atoms with E-state index in [1.54, 1.807) is 66.1 Å². The van der Waals surface area contributed by atoms with Crippen LogP contribution in [0, 0.1) is 6.92 Å². The third-order valence-corrected chi connectivity index (χ3v) is 9.54. The molecule has 2 aromatic carbocycles. The van der Waals surface area contributed by atoms with Gasteiger partial charge < -0.3 is 9.84 Å². The minimum absolute atomic E-state index is 0.0692. The maximum absolute atomic E-state index is 13.7. The minimum Gasteiger partial charge on any atom is -0.505 e. The van der Waals surface area contributed by atoms with Crippen molar-refractivity contribution in [1.82, 2.24) is 19.6 Å². The van der Waals surface area contributed by atoms with Crippen molar-refractivity contribution in [3.63, 3.8) is 0 Å². The molecule has 9 nitrogen and oxygen atoms in total. The maximum Gasteiger partial charge on any atom is 0.301 e. The number of hydrogen-bond acceptors (Lipinski definition) is 9. The second-order valence-electron chi connectivity index (χ2n) is 9.52. The molecule has 0 aliphatic carbocycles. The van der Waals surface area contributed by atoms with E-state index < -0.39 is 17.7 Å². The van der Waals surface area contributed by atoms with Crippen LogP contribution in [0.1, 0.15) is 35.5 Å². The van der Waals surface area contributed by atoms with Crippen molar-refractivity contribution in [2.45, 2.75) is 30.0 Å². The van der Waals surface area contributed by atoms with E-state index in [-0.39, 0.29) is 16.5 Å². The number of aliphatic hydroxyl groups excluding tert-OH is 1. The zero-order valence-corrected chi connectivity index (χ0v) is 26.0. The lowest BCUT2D eigenvalue weighted by Crippen LogP contribution is -2.29. The molecule has 218 valence electrons. The smallest absolute Gasteiger partial charge is 0.301 e. The molecule has 1 saturated heterocycles. The van der Waals surface area contributed by atoms with Crippen molar-refractivity contribution in [3.05, 3.63) is 105 Å². The van der Waals surface area contributed by atoms with Gasteiger partial charge in [0.05, 0.1) is 23.9 Å². The molecule has 1 amide bonds. The van der Waals surface area contributed by atoms with Gasteiger partial charge in [-0.25, -0.2) is 4.98 Å². The first-order valence-corrected chi connectivity index (χ1v) is 15.7. The van der Waals surface area contributed by atoms with Crippen molar-refractivity contribution in [1.29, 1.82) is 0 Å². The SMILES string of the molecule is CCOc1ccc(C2/C(=C(\O)c3c(C)nc4ccccn34)C(=O)C(=O)N2c2nnc(SCc3ccc(Cl)cc3Cl)s2)cc1. The molecule has 1 unspecified atom stereocenters. The quantitative estimate of drug-likeness (QED) is 0.0621. The lowest BCUT2D eigenvalue weighted by atomic mass is 9.96. The number of amides is 1. The molecule has 5 aromatic rings. The van der Waals surface area contributed by atoms with Crippen molar-refractivity contribution < 1.29 is 19.4 Å². The number of aryl methyl sites for hydroxylation is 1. The van der Waals surface area contributed by atoms with Gasteiger partial charge in [-0.05, 0) is 61.4 Å². The Kier molecular flexibility index (Phi) is 8.15. The van der Waals surface area contributed by atoms with Gasteiger partial charge in [0.1, 0.15) is 17.1 Å². The highest BCUT2D eigenvalue weighted by atomic mass is 35.5. The van der Waals surface area contributed by atoms with E-state index in [0.717, 1.165) is 5.56 Å². The van der Waals surface area contributed by atoms with E-state index in [0.29, 0.717) is 55.1 Å². The summed E-state index contributed by atoms with van der Waals surface area (Å²) >= 11 is 14.9. The van der Waals surface area contributed by atoms with E-state index in [4.69, 9.17) is 27.9 Å². The highest BCUT2D eigenvalue weighted by Gasteiger charge is 2.49. The zero-order chi connectivity index (χ0) is 30.2. The number of halogens is 2. The zero-order valence-electron chi connectivity index (χ0n) is 22.8. The predicted molar refractivity (Wildman–Crippen MR) is 168 cm³/mol. The van der Waals surface area contributed by atoms with Crippen molar-refractivity contribution in [2.75, 3.05) is 11.5 Å². The number of aliphatic hydroxyl groups is 1. The summed E-state index contributed by atoms with van der Waals surface area (Å²) in [6.07, 6.45) is 1.74. The molecule has 43 heavy (non-hydrogen) atoms. The van der Waals surface area contributed by atoms with Crippen LogP contribution in [0.3, 0.4) is 0 Å². The number of ether oxygens (including phenoxy) is 1. The first-order valence-electron chi connectivity index (χ1n) is 13.1. The summed E-state index contributed by atoms with van der Waals surface area (Å²) in [5, 5.41) is 21.6. The Morgan fingerprint density at radius 1 is 1.09 bits per heavy atom. The third kappa shape index (κ3) is 5.49. The summed E-state index contributed by atoms with van der Waals surface area (Å²) < 4.78 is 7.86. The molecule has 1 aliphatic rings. The van der Waals surface area contributed by atoms with E-state index in [1.807, 2.05) is 19.1 Å². The van der Waals surface area contributed by atoms with Crippen LogP contribution < -0.4 is 9.64 Å². The molecule has 1 aliphatic heterocycles. The average molecular weight is 653 g/mol. The molecule has 0 saturated carbocycles. The van der Waals surface area contributed by atoms with Crippen molar-refractivity contribution in [2.24, 2.45) is 0 Å². The van der Waals surface area contributed by atoms with Crippen molar-refractivity contribution in [3.8, 4) is 5.75 Å².